The van der Waals surface area contributed by atoms with E-state index in [1.807, 2.05) is 6.92 Å². The minimum atomic E-state index is 0.583. The predicted molar refractivity (Wildman–Crippen MR) is 82.5 cm³/mol. The Bertz CT molecular complexity index is 406. The van der Waals surface area contributed by atoms with Crippen LogP contribution in [0.3, 0.4) is 0 Å². The molecule has 0 aromatic heterocycles. The Hall–Kier alpha value is -1.06. The van der Waals surface area contributed by atoms with Crippen LogP contribution in [0, 0.1) is 0 Å². The molecule has 20 heavy (non-hydrogen) atoms. The van der Waals surface area contributed by atoms with Crippen LogP contribution >= 0.6 is 0 Å². The zero-order valence-corrected chi connectivity index (χ0v) is 12.8. The molecule has 112 valence electrons. The minimum Gasteiger partial charge on any atom is -0.493 e. The highest BCUT2D eigenvalue weighted by Gasteiger charge is 2.12. The van der Waals surface area contributed by atoms with Gasteiger partial charge in [0.2, 0.25) is 0 Å². The van der Waals surface area contributed by atoms with Crippen LogP contribution in [-0.2, 0) is 17.6 Å². The summed E-state index contributed by atoms with van der Waals surface area (Å²) in [5.74, 6) is 1.08. The summed E-state index contributed by atoms with van der Waals surface area (Å²) >= 11 is 0. The van der Waals surface area contributed by atoms with E-state index in [1.165, 1.54) is 24.0 Å². The summed E-state index contributed by atoms with van der Waals surface area (Å²) < 4.78 is 10.9. The standard InChI is InChI=1S/C17H27NO2/c1-3-19-11-4-5-16(18-2)8-6-14-7-9-17-15(13-14)10-12-20-17/h7,9,13,16,18H,3-6,8,10-12H2,1-2H3. The lowest BCUT2D eigenvalue weighted by Gasteiger charge is -2.16. The van der Waals surface area contributed by atoms with Crippen molar-refractivity contribution in [1.82, 2.24) is 5.32 Å². The first-order valence-electron chi connectivity index (χ1n) is 7.83. The number of hydrogen-bond donors (Lipinski definition) is 1. The van der Waals surface area contributed by atoms with Crippen molar-refractivity contribution >= 4 is 0 Å². The smallest absolute Gasteiger partial charge is 0.122 e. The number of ether oxygens (including phenoxy) is 2. The Morgan fingerprint density at radius 3 is 3.05 bits per heavy atom. The minimum absolute atomic E-state index is 0.583. The second-order valence-electron chi connectivity index (χ2n) is 5.40. The van der Waals surface area contributed by atoms with E-state index < -0.39 is 0 Å². The Balaban J connectivity index is 1.75. The summed E-state index contributed by atoms with van der Waals surface area (Å²) in [7, 11) is 2.06. The van der Waals surface area contributed by atoms with Gasteiger partial charge in [0.15, 0.2) is 0 Å². The average Bonchev–Trinajstić information content (AvgIpc) is 2.94. The van der Waals surface area contributed by atoms with Gasteiger partial charge >= 0.3 is 0 Å². The Morgan fingerprint density at radius 2 is 2.25 bits per heavy atom. The highest BCUT2D eigenvalue weighted by molar-refractivity contribution is 5.39. The predicted octanol–water partition coefficient (Wildman–Crippen LogP) is 2.96. The van der Waals surface area contributed by atoms with Gasteiger partial charge < -0.3 is 14.8 Å². The number of fused-ring (bicyclic) bond motifs is 1. The molecule has 3 nitrogen and oxygen atoms in total. The average molecular weight is 277 g/mol. The lowest BCUT2D eigenvalue weighted by molar-refractivity contribution is 0.140. The fraction of sp³-hybridized carbons (Fsp3) is 0.647. The normalized spacial score (nSPS) is 14.9. The van der Waals surface area contributed by atoms with Crippen LogP contribution in [0.15, 0.2) is 18.2 Å². The fourth-order valence-corrected chi connectivity index (χ4v) is 2.75. The van der Waals surface area contributed by atoms with Crippen molar-refractivity contribution in [1.29, 1.82) is 0 Å². The molecule has 0 radical (unpaired) electrons. The van der Waals surface area contributed by atoms with Crippen LogP contribution in [0.25, 0.3) is 0 Å². The maximum Gasteiger partial charge on any atom is 0.122 e. The third-order valence-electron chi connectivity index (χ3n) is 3.99. The molecule has 1 heterocycles. The summed E-state index contributed by atoms with van der Waals surface area (Å²) in [5, 5.41) is 3.42. The molecule has 0 amide bonds. The van der Waals surface area contributed by atoms with E-state index in [1.54, 1.807) is 0 Å². The van der Waals surface area contributed by atoms with Gasteiger partial charge in [0, 0.05) is 25.7 Å². The molecule has 0 bridgehead atoms. The zero-order valence-electron chi connectivity index (χ0n) is 12.8. The van der Waals surface area contributed by atoms with E-state index in [-0.39, 0.29) is 0 Å². The molecule has 3 heteroatoms. The lowest BCUT2D eigenvalue weighted by atomic mass is 10.00. The number of benzene rings is 1. The van der Waals surface area contributed by atoms with Crippen molar-refractivity contribution in [3.63, 3.8) is 0 Å². The van der Waals surface area contributed by atoms with Gasteiger partial charge in [0.05, 0.1) is 6.61 Å². The second-order valence-corrected chi connectivity index (χ2v) is 5.40. The van der Waals surface area contributed by atoms with Crippen LogP contribution in [0.2, 0.25) is 0 Å². The quantitative estimate of drug-likeness (QED) is 0.704. The van der Waals surface area contributed by atoms with E-state index in [4.69, 9.17) is 9.47 Å². The van der Waals surface area contributed by atoms with E-state index in [9.17, 15) is 0 Å². The number of hydrogen-bond acceptors (Lipinski definition) is 3. The molecule has 0 saturated heterocycles. The van der Waals surface area contributed by atoms with E-state index in [0.717, 1.165) is 44.8 Å². The van der Waals surface area contributed by atoms with Gasteiger partial charge in [-0.2, -0.15) is 0 Å². The molecule has 1 unspecified atom stereocenters. The van der Waals surface area contributed by atoms with Crippen molar-refractivity contribution in [2.75, 3.05) is 26.9 Å². The molecule has 0 spiro atoms. The topological polar surface area (TPSA) is 30.5 Å². The molecule has 0 aliphatic carbocycles. The van der Waals surface area contributed by atoms with Crippen LogP contribution in [0.5, 0.6) is 5.75 Å². The largest absolute Gasteiger partial charge is 0.493 e. The van der Waals surface area contributed by atoms with Gasteiger partial charge in [-0.25, -0.2) is 0 Å². The highest BCUT2D eigenvalue weighted by atomic mass is 16.5. The molecule has 1 aliphatic heterocycles. The van der Waals surface area contributed by atoms with E-state index in [0.29, 0.717) is 6.04 Å². The first-order chi connectivity index (χ1) is 9.83. The van der Waals surface area contributed by atoms with Gasteiger partial charge in [-0.05, 0) is 56.8 Å². The summed E-state index contributed by atoms with van der Waals surface area (Å²) in [6.07, 6.45) is 5.70. The van der Waals surface area contributed by atoms with Gasteiger partial charge in [0.25, 0.3) is 0 Å². The third kappa shape index (κ3) is 4.50. The number of nitrogens with one attached hydrogen (secondary N) is 1. The maximum absolute atomic E-state index is 5.55. The van der Waals surface area contributed by atoms with E-state index >= 15 is 0 Å². The third-order valence-corrected chi connectivity index (χ3v) is 3.99. The van der Waals surface area contributed by atoms with Crippen molar-refractivity contribution in [2.45, 2.75) is 45.1 Å². The Kier molecular flexibility index (Phi) is 6.34. The molecule has 1 aromatic rings. The number of rotatable bonds is 9. The van der Waals surface area contributed by atoms with Crippen LogP contribution in [0.4, 0.5) is 0 Å². The van der Waals surface area contributed by atoms with Gasteiger partial charge in [-0.3, -0.25) is 0 Å². The van der Waals surface area contributed by atoms with Gasteiger partial charge in [-0.15, -0.1) is 0 Å². The SMILES string of the molecule is CCOCCCC(CCc1ccc2c(c1)CCO2)NC. The zero-order chi connectivity index (χ0) is 14.2. The molecular weight excluding hydrogens is 250 g/mol. The van der Waals surface area contributed by atoms with Crippen LogP contribution in [-0.4, -0.2) is 32.9 Å². The molecule has 2 rings (SSSR count). The lowest BCUT2D eigenvalue weighted by Crippen LogP contribution is -2.26. The summed E-state index contributed by atoms with van der Waals surface area (Å²) in [6, 6.07) is 7.23. The second kappa shape index (κ2) is 8.28. The Labute approximate surface area is 122 Å². The van der Waals surface area contributed by atoms with Crippen molar-refractivity contribution in [3.05, 3.63) is 29.3 Å². The van der Waals surface area contributed by atoms with Crippen molar-refractivity contribution in [3.8, 4) is 5.75 Å². The fourth-order valence-electron chi connectivity index (χ4n) is 2.75. The highest BCUT2D eigenvalue weighted by Crippen LogP contribution is 2.26. The maximum atomic E-state index is 5.55. The van der Waals surface area contributed by atoms with Crippen LogP contribution in [0.1, 0.15) is 37.3 Å². The molecule has 0 saturated carbocycles. The van der Waals surface area contributed by atoms with Gasteiger partial charge in [-0.1, -0.05) is 12.1 Å². The van der Waals surface area contributed by atoms with Crippen molar-refractivity contribution in [2.24, 2.45) is 0 Å². The molecular formula is C17H27NO2. The molecule has 0 fully saturated rings. The molecule has 1 aliphatic rings. The first-order valence-corrected chi connectivity index (χ1v) is 7.83. The van der Waals surface area contributed by atoms with Crippen LogP contribution < -0.4 is 10.1 Å². The molecule has 1 N–H and O–H groups in total. The number of aryl methyl sites for hydroxylation is 1. The monoisotopic (exact) mass is 277 g/mol. The van der Waals surface area contributed by atoms with Gasteiger partial charge in [0.1, 0.15) is 5.75 Å². The summed E-state index contributed by atoms with van der Waals surface area (Å²) in [5.41, 5.74) is 2.80. The summed E-state index contributed by atoms with van der Waals surface area (Å²) in [6.45, 7) is 4.59. The Morgan fingerprint density at radius 1 is 1.35 bits per heavy atom. The first kappa shape index (κ1) is 15.3. The summed E-state index contributed by atoms with van der Waals surface area (Å²) in [4.78, 5) is 0. The molecule has 1 atom stereocenters. The van der Waals surface area contributed by atoms with E-state index in [2.05, 4.69) is 30.6 Å². The molecule has 1 aromatic carbocycles. The van der Waals surface area contributed by atoms with Crippen molar-refractivity contribution < 1.29 is 9.47 Å².